The van der Waals surface area contributed by atoms with Crippen LogP contribution < -0.4 is 16.2 Å². The molecule has 0 aliphatic rings. The first-order chi connectivity index (χ1) is 8.76. The van der Waals surface area contributed by atoms with Crippen LogP contribution in [0.1, 0.15) is 19.8 Å². The Morgan fingerprint density at radius 3 is 2.78 bits per heavy atom. The lowest BCUT2D eigenvalue weighted by Gasteiger charge is -2.20. The highest BCUT2D eigenvalue weighted by atomic mass is 15.3. The molecule has 0 bridgehead atoms. The molecule has 5 heteroatoms. The number of anilines is 2. The highest BCUT2D eigenvalue weighted by Crippen LogP contribution is 2.24. The van der Waals surface area contributed by atoms with Gasteiger partial charge in [-0.25, -0.2) is 10.8 Å². The smallest absolute Gasteiger partial charge is 0.239 e. The molecule has 0 saturated heterocycles. The lowest BCUT2D eigenvalue weighted by atomic mass is 10.2. The molecule has 0 saturated carbocycles. The van der Waals surface area contributed by atoms with E-state index in [9.17, 15) is 0 Å². The third-order valence-electron chi connectivity index (χ3n) is 2.92. The van der Waals surface area contributed by atoms with E-state index in [1.807, 2.05) is 31.3 Å². The number of nitrogens with one attached hydrogen (secondary N) is 1. The third-order valence-corrected chi connectivity index (χ3v) is 2.92. The minimum Gasteiger partial charge on any atom is -0.359 e. The molecule has 1 heterocycles. The van der Waals surface area contributed by atoms with Gasteiger partial charge in [-0.15, -0.1) is 0 Å². The molecule has 0 amide bonds. The molecule has 3 N–H and O–H groups in total. The number of fused-ring (bicyclic) bond motifs is 1. The van der Waals surface area contributed by atoms with E-state index in [0.29, 0.717) is 5.95 Å². The first-order valence-electron chi connectivity index (χ1n) is 6.20. The predicted octanol–water partition coefficient (Wildman–Crippen LogP) is 2.15. The van der Waals surface area contributed by atoms with Gasteiger partial charge in [-0.2, -0.15) is 4.98 Å². The molecule has 0 fully saturated rings. The molecule has 2 rings (SSSR count). The highest BCUT2D eigenvalue weighted by molar-refractivity contribution is 5.90. The summed E-state index contributed by atoms with van der Waals surface area (Å²) in [6.07, 6.45) is 2.30. The van der Waals surface area contributed by atoms with Gasteiger partial charge in [0.1, 0.15) is 5.82 Å². The van der Waals surface area contributed by atoms with E-state index in [0.717, 1.165) is 36.1 Å². The van der Waals surface area contributed by atoms with Gasteiger partial charge < -0.3 is 4.90 Å². The summed E-state index contributed by atoms with van der Waals surface area (Å²) in [5.41, 5.74) is 3.42. The Hall–Kier alpha value is -1.88. The van der Waals surface area contributed by atoms with E-state index in [-0.39, 0.29) is 0 Å². The number of nitrogens with zero attached hydrogens (tertiary/aromatic N) is 3. The van der Waals surface area contributed by atoms with Gasteiger partial charge in [-0.05, 0) is 18.6 Å². The molecule has 0 aliphatic heterocycles. The normalized spacial score (nSPS) is 10.6. The van der Waals surface area contributed by atoms with Gasteiger partial charge in [-0.3, -0.25) is 5.43 Å². The molecule has 0 atom stereocenters. The minimum atomic E-state index is 0.451. The Kier molecular flexibility index (Phi) is 3.94. The average Bonchev–Trinajstić information content (AvgIpc) is 2.43. The monoisotopic (exact) mass is 245 g/mol. The summed E-state index contributed by atoms with van der Waals surface area (Å²) >= 11 is 0. The maximum Gasteiger partial charge on any atom is 0.239 e. The number of para-hydroxylation sites is 1. The number of benzene rings is 1. The number of hydrogen-bond donors (Lipinski definition) is 2. The molecule has 18 heavy (non-hydrogen) atoms. The largest absolute Gasteiger partial charge is 0.359 e. The van der Waals surface area contributed by atoms with Crippen LogP contribution in [-0.4, -0.2) is 23.6 Å². The second-order valence-corrected chi connectivity index (χ2v) is 4.31. The van der Waals surface area contributed by atoms with Crippen LogP contribution in [0.3, 0.4) is 0 Å². The molecule has 0 radical (unpaired) electrons. The summed E-state index contributed by atoms with van der Waals surface area (Å²) in [5, 5.41) is 1.05. The number of nitrogen functional groups attached to an aromatic ring is 1. The fourth-order valence-corrected chi connectivity index (χ4v) is 1.92. The van der Waals surface area contributed by atoms with Crippen LogP contribution in [0, 0.1) is 0 Å². The van der Waals surface area contributed by atoms with Crippen molar-refractivity contribution < 1.29 is 0 Å². The quantitative estimate of drug-likeness (QED) is 0.624. The number of hydrogen-bond acceptors (Lipinski definition) is 5. The minimum absolute atomic E-state index is 0.451. The van der Waals surface area contributed by atoms with Crippen molar-refractivity contribution in [2.24, 2.45) is 5.84 Å². The fraction of sp³-hybridized carbons (Fsp3) is 0.385. The Labute approximate surface area is 107 Å². The SMILES string of the molecule is CCCCN(C)c1nc(NN)nc2ccccc12. The standard InChI is InChI=1S/C13H19N5/c1-3-4-9-18(2)12-10-7-5-6-8-11(10)15-13(16-12)17-14/h5-8H,3-4,9,14H2,1-2H3,(H,15,16,17). The Morgan fingerprint density at radius 1 is 1.28 bits per heavy atom. The summed E-state index contributed by atoms with van der Waals surface area (Å²) in [6.45, 7) is 3.15. The molecule has 0 unspecified atom stereocenters. The van der Waals surface area contributed by atoms with E-state index in [4.69, 9.17) is 5.84 Å². The van der Waals surface area contributed by atoms with Gasteiger partial charge in [0.15, 0.2) is 0 Å². The van der Waals surface area contributed by atoms with E-state index >= 15 is 0 Å². The molecule has 96 valence electrons. The summed E-state index contributed by atoms with van der Waals surface area (Å²) in [4.78, 5) is 10.9. The molecule has 0 aliphatic carbocycles. The Bertz CT molecular complexity index is 526. The third kappa shape index (κ3) is 2.51. The zero-order chi connectivity index (χ0) is 13.0. The number of hydrazine groups is 1. The van der Waals surface area contributed by atoms with Crippen molar-refractivity contribution in [1.29, 1.82) is 0 Å². The van der Waals surface area contributed by atoms with Crippen molar-refractivity contribution in [2.75, 3.05) is 23.9 Å². The Balaban J connectivity index is 2.46. The second-order valence-electron chi connectivity index (χ2n) is 4.31. The first-order valence-corrected chi connectivity index (χ1v) is 6.20. The first kappa shape index (κ1) is 12.6. The summed E-state index contributed by atoms with van der Waals surface area (Å²) < 4.78 is 0. The Morgan fingerprint density at radius 2 is 2.06 bits per heavy atom. The van der Waals surface area contributed by atoms with Crippen LogP contribution in [0.15, 0.2) is 24.3 Å². The fourth-order valence-electron chi connectivity index (χ4n) is 1.92. The van der Waals surface area contributed by atoms with Crippen molar-refractivity contribution in [3.05, 3.63) is 24.3 Å². The van der Waals surface area contributed by atoms with Gasteiger partial charge in [0.25, 0.3) is 0 Å². The molecule has 1 aromatic carbocycles. The van der Waals surface area contributed by atoms with Gasteiger partial charge in [-0.1, -0.05) is 25.5 Å². The molecular formula is C13H19N5. The number of rotatable bonds is 5. The molecule has 0 spiro atoms. The molecule has 1 aromatic heterocycles. The van der Waals surface area contributed by atoms with Crippen LogP contribution in [-0.2, 0) is 0 Å². The van der Waals surface area contributed by atoms with Crippen molar-refractivity contribution in [1.82, 2.24) is 9.97 Å². The van der Waals surface area contributed by atoms with Crippen molar-refractivity contribution in [3.8, 4) is 0 Å². The van der Waals surface area contributed by atoms with Crippen LogP contribution >= 0.6 is 0 Å². The average molecular weight is 245 g/mol. The predicted molar refractivity (Wildman–Crippen MR) is 75.5 cm³/mol. The number of aromatic nitrogens is 2. The van der Waals surface area contributed by atoms with Crippen LogP contribution in [0.2, 0.25) is 0 Å². The van der Waals surface area contributed by atoms with Gasteiger partial charge in [0.2, 0.25) is 5.95 Å². The maximum absolute atomic E-state index is 5.42. The zero-order valence-corrected chi connectivity index (χ0v) is 10.8. The lowest BCUT2D eigenvalue weighted by Crippen LogP contribution is -2.21. The zero-order valence-electron chi connectivity index (χ0n) is 10.8. The highest BCUT2D eigenvalue weighted by Gasteiger charge is 2.10. The van der Waals surface area contributed by atoms with E-state index in [2.05, 4.69) is 27.2 Å². The summed E-state index contributed by atoms with van der Waals surface area (Å²) in [6, 6.07) is 7.96. The molecular weight excluding hydrogens is 226 g/mol. The van der Waals surface area contributed by atoms with E-state index in [1.54, 1.807) is 0 Å². The van der Waals surface area contributed by atoms with Crippen LogP contribution in [0.4, 0.5) is 11.8 Å². The lowest BCUT2D eigenvalue weighted by molar-refractivity contribution is 0.761. The van der Waals surface area contributed by atoms with E-state index in [1.165, 1.54) is 0 Å². The van der Waals surface area contributed by atoms with Crippen LogP contribution in [0.5, 0.6) is 0 Å². The van der Waals surface area contributed by atoms with E-state index < -0.39 is 0 Å². The number of unbranched alkanes of at least 4 members (excludes halogenated alkanes) is 1. The maximum atomic E-state index is 5.42. The van der Waals surface area contributed by atoms with Gasteiger partial charge in [0.05, 0.1) is 5.52 Å². The van der Waals surface area contributed by atoms with Crippen molar-refractivity contribution >= 4 is 22.7 Å². The summed E-state index contributed by atoms with van der Waals surface area (Å²) in [5.74, 6) is 6.79. The number of nitrogens with two attached hydrogens (primary N) is 1. The molecule has 2 aromatic rings. The summed E-state index contributed by atoms with van der Waals surface area (Å²) in [7, 11) is 2.05. The molecule has 5 nitrogen and oxygen atoms in total. The van der Waals surface area contributed by atoms with Gasteiger partial charge >= 0.3 is 0 Å². The topological polar surface area (TPSA) is 67.1 Å². The van der Waals surface area contributed by atoms with Crippen LogP contribution in [0.25, 0.3) is 10.9 Å². The van der Waals surface area contributed by atoms with Crippen molar-refractivity contribution in [3.63, 3.8) is 0 Å². The van der Waals surface area contributed by atoms with Gasteiger partial charge in [0, 0.05) is 19.0 Å². The second kappa shape index (κ2) is 5.64. The van der Waals surface area contributed by atoms with Crippen molar-refractivity contribution in [2.45, 2.75) is 19.8 Å².